The summed E-state index contributed by atoms with van der Waals surface area (Å²) in [5.74, 6) is 1.96. The van der Waals surface area contributed by atoms with Gasteiger partial charge in [0.1, 0.15) is 11.9 Å². The minimum Gasteiger partial charge on any atom is -0.385 e. The van der Waals surface area contributed by atoms with E-state index in [0.717, 1.165) is 28.8 Å². The molecule has 0 bridgehead atoms. The molecule has 25 heavy (non-hydrogen) atoms. The quantitative estimate of drug-likeness (QED) is 0.619. The van der Waals surface area contributed by atoms with Gasteiger partial charge < -0.3 is 14.2 Å². The van der Waals surface area contributed by atoms with Gasteiger partial charge in [-0.15, -0.1) is 0 Å². The highest BCUT2D eigenvalue weighted by molar-refractivity contribution is 5.79. The van der Waals surface area contributed by atoms with E-state index in [2.05, 4.69) is 15.1 Å². The van der Waals surface area contributed by atoms with Gasteiger partial charge in [-0.3, -0.25) is 4.57 Å². The van der Waals surface area contributed by atoms with Crippen LogP contribution in [0.1, 0.15) is 31.5 Å². The molecule has 1 N–H and O–H groups in total. The standard InChI is InChI=1S/C18H19N5O2/c1-4-12-9-16(25-21-12)18-19-7-8-23(18)13-5-6-15-14(10-13)20-17(11(2)24)22(15)3/h5-11,24H,4H2,1-3H3. The van der Waals surface area contributed by atoms with E-state index in [0.29, 0.717) is 17.4 Å². The van der Waals surface area contributed by atoms with E-state index in [4.69, 9.17) is 4.52 Å². The molecule has 1 aromatic carbocycles. The smallest absolute Gasteiger partial charge is 0.202 e. The lowest BCUT2D eigenvalue weighted by atomic mass is 10.2. The molecule has 4 rings (SSSR count). The van der Waals surface area contributed by atoms with Gasteiger partial charge in [-0.2, -0.15) is 0 Å². The molecule has 0 spiro atoms. The first-order valence-corrected chi connectivity index (χ1v) is 8.22. The zero-order chi connectivity index (χ0) is 17.6. The Bertz CT molecular complexity index is 1040. The summed E-state index contributed by atoms with van der Waals surface area (Å²) >= 11 is 0. The third kappa shape index (κ3) is 2.53. The molecule has 1 unspecified atom stereocenters. The predicted molar refractivity (Wildman–Crippen MR) is 93.3 cm³/mol. The maximum Gasteiger partial charge on any atom is 0.202 e. The summed E-state index contributed by atoms with van der Waals surface area (Å²) in [5, 5.41) is 13.9. The molecule has 3 heterocycles. The summed E-state index contributed by atoms with van der Waals surface area (Å²) in [6.07, 6.45) is 3.80. The van der Waals surface area contributed by atoms with Crippen LogP contribution in [0.2, 0.25) is 0 Å². The number of hydrogen-bond acceptors (Lipinski definition) is 5. The lowest BCUT2D eigenvalue weighted by molar-refractivity contribution is 0.186. The van der Waals surface area contributed by atoms with Crippen molar-refractivity contribution in [1.82, 2.24) is 24.3 Å². The fourth-order valence-electron chi connectivity index (χ4n) is 3.01. The topological polar surface area (TPSA) is 81.9 Å². The van der Waals surface area contributed by atoms with Crippen LogP contribution in [0.3, 0.4) is 0 Å². The van der Waals surface area contributed by atoms with E-state index in [1.165, 1.54) is 0 Å². The van der Waals surface area contributed by atoms with E-state index in [1.807, 2.05) is 53.6 Å². The van der Waals surface area contributed by atoms with Crippen LogP contribution < -0.4 is 0 Å². The molecule has 0 aliphatic carbocycles. The van der Waals surface area contributed by atoms with Crippen molar-refractivity contribution in [2.24, 2.45) is 7.05 Å². The molecule has 0 saturated heterocycles. The van der Waals surface area contributed by atoms with Crippen LogP contribution in [0.5, 0.6) is 0 Å². The summed E-state index contributed by atoms with van der Waals surface area (Å²) in [6, 6.07) is 7.87. The van der Waals surface area contributed by atoms with E-state index in [9.17, 15) is 5.11 Å². The van der Waals surface area contributed by atoms with Gasteiger partial charge in [0.15, 0.2) is 5.82 Å². The Morgan fingerprint density at radius 3 is 2.84 bits per heavy atom. The van der Waals surface area contributed by atoms with Crippen LogP contribution in [-0.2, 0) is 13.5 Å². The lowest BCUT2D eigenvalue weighted by Crippen LogP contribution is -2.01. The van der Waals surface area contributed by atoms with E-state index < -0.39 is 6.10 Å². The SMILES string of the molecule is CCc1cc(-c2nccn2-c2ccc3c(c2)nc(C(C)O)n3C)on1. The maximum absolute atomic E-state index is 9.86. The van der Waals surface area contributed by atoms with Crippen LogP contribution >= 0.6 is 0 Å². The molecule has 0 saturated carbocycles. The van der Waals surface area contributed by atoms with Crippen LogP contribution in [0, 0.1) is 0 Å². The molecule has 7 heteroatoms. The second-order valence-electron chi connectivity index (χ2n) is 6.03. The number of aliphatic hydroxyl groups excluding tert-OH is 1. The first kappa shape index (κ1) is 15.6. The zero-order valence-electron chi connectivity index (χ0n) is 14.3. The zero-order valence-corrected chi connectivity index (χ0v) is 14.3. The number of aliphatic hydroxyl groups is 1. The third-order valence-electron chi connectivity index (χ3n) is 4.33. The first-order chi connectivity index (χ1) is 12.1. The molecule has 7 nitrogen and oxygen atoms in total. The highest BCUT2D eigenvalue weighted by atomic mass is 16.5. The minimum absolute atomic E-state index is 0.619. The fourth-order valence-corrected chi connectivity index (χ4v) is 3.01. The molecular formula is C18H19N5O2. The molecule has 0 aliphatic rings. The second-order valence-corrected chi connectivity index (χ2v) is 6.03. The Hall–Kier alpha value is -2.93. The van der Waals surface area contributed by atoms with E-state index in [1.54, 1.807) is 13.1 Å². The molecular weight excluding hydrogens is 318 g/mol. The molecule has 0 fully saturated rings. The number of aromatic nitrogens is 5. The van der Waals surface area contributed by atoms with E-state index >= 15 is 0 Å². The molecule has 128 valence electrons. The first-order valence-electron chi connectivity index (χ1n) is 8.22. The summed E-state index contributed by atoms with van der Waals surface area (Å²) in [4.78, 5) is 8.95. The van der Waals surface area contributed by atoms with Gasteiger partial charge in [0, 0.05) is 31.2 Å². The molecule has 3 aromatic heterocycles. The fraction of sp³-hybridized carbons (Fsp3) is 0.278. The average Bonchev–Trinajstić information content (AvgIpc) is 3.32. The Morgan fingerprint density at radius 1 is 1.28 bits per heavy atom. The number of hydrogen-bond donors (Lipinski definition) is 1. The number of rotatable bonds is 4. The average molecular weight is 337 g/mol. The number of nitrogens with zero attached hydrogens (tertiary/aromatic N) is 5. The van der Waals surface area contributed by atoms with E-state index in [-0.39, 0.29) is 0 Å². The van der Waals surface area contributed by atoms with Crippen molar-refractivity contribution in [3.05, 3.63) is 48.2 Å². The number of aryl methyl sites for hydroxylation is 2. The predicted octanol–water partition coefficient (Wildman–Crippen LogP) is 3.03. The van der Waals surface area contributed by atoms with Crippen LogP contribution in [0.25, 0.3) is 28.3 Å². The maximum atomic E-state index is 9.86. The van der Waals surface area contributed by atoms with Crippen molar-refractivity contribution in [1.29, 1.82) is 0 Å². The number of benzene rings is 1. The summed E-state index contributed by atoms with van der Waals surface area (Å²) in [7, 11) is 1.90. The number of fused-ring (bicyclic) bond motifs is 1. The van der Waals surface area contributed by atoms with Crippen molar-refractivity contribution in [3.8, 4) is 17.3 Å². The largest absolute Gasteiger partial charge is 0.385 e. The molecule has 0 amide bonds. The van der Waals surface area contributed by atoms with Crippen LogP contribution in [-0.4, -0.2) is 29.4 Å². The van der Waals surface area contributed by atoms with Gasteiger partial charge in [0.25, 0.3) is 0 Å². The summed E-state index contributed by atoms with van der Waals surface area (Å²) < 4.78 is 9.26. The third-order valence-corrected chi connectivity index (χ3v) is 4.33. The van der Waals surface area contributed by atoms with Crippen molar-refractivity contribution in [2.45, 2.75) is 26.4 Å². The Balaban J connectivity index is 1.82. The molecule has 0 radical (unpaired) electrons. The van der Waals surface area contributed by atoms with Crippen molar-refractivity contribution in [2.75, 3.05) is 0 Å². The van der Waals surface area contributed by atoms with Gasteiger partial charge in [-0.05, 0) is 31.5 Å². The molecule has 0 aliphatic heterocycles. The summed E-state index contributed by atoms with van der Waals surface area (Å²) in [6.45, 7) is 3.74. The van der Waals surface area contributed by atoms with Gasteiger partial charge in [-0.25, -0.2) is 9.97 Å². The van der Waals surface area contributed by atoms with Crippen molar-refractivity contribution in [3.63, 3.8) is 0 Å². The molecule has 1 atom stereocenters. The monoisotopic (exact) mass is 337 g/mol. The number of imidazole rings is 2. The summed E-state index contributed by atoms with van der Waals surface area (Å²) in [5.41, 5.74) is 3.60. The Kier molecular flexibility index (Phi) is 3.65. The Labute approximate surface area is 144 Å². The highest BCUT2D eigenvalue weighted by Crippen LogP contribution is 2.26. The van der Waals surface area contributed by atoms with Crippen LogP contribution in [0.4, 0.5) is 0 Å². The van der Waals surface area contributed by atoms with Gasteiger partial charge in [0.2, 0.25) is 5.76 Å². The highest BCUT2D eigenvalue weighted by Gasteiger charge is 2.16. The van der Waals surface area contributed by atoms with Gasteiger partial charge in [0.05, 0.1) is 16.7 Å². The van der Waals surface area contributed by atoms with Crippen LogP contribution in [0.15, 0.2) is 41.2 Å². The normalized spacial score (nSPS) is 12.8. The lowest BCUT2D eigenvalue weighted by Gasteiger charge is -2.06. The second kappa shape index (κ2) is 5.86. The minimum atomic E-state index is -0.619. The Morgan fingerprint density at radius 2 is 2.12 bits per heavy atom. The van der Waals surface area contributed by atoms with Gasteiger partial charge >= 0.3 is 0 Å². The van der Waals surface area contributed by atoms with Gasteiger partial charge in [-0.1, -0.05) is 12.1 Å². The van der Waals surface area contributed by atoms with Crippen molar-refractivity contribution < 1.29 is 9.63 Å². The van der Waals surface area contributed by atoms with Crippen molar-refractivity contribution >= 4 is 11.0 Å². The molecule has 4 aromatic rings.